The fraction of sp³-hybridized carbons (Fsp3) is 0.0833. The van der Waals surface area contributed by atoms with Gasteiger partial charge in [0.15, 0.2) is 18.2 Å². The number of ether oxygens (including phenoxy) is 2. The normalized spacial score (nSPS) is 12.0. The van der Waals surface area contributed by atoms with Crippen molar-refractivity contribution in [2.24, 2.45) is 0 Å². The van der Waals surface area contributed by atoms with E-state index < -0.39 is 24.3 Å². The Balaban J connectivity index is 1.49. The average Bonchev–Trinajstić information content (AvgIpc) is 2.81. The lowest BCUT2D eigenvalue weighted by atomic mass is 9.83. The van der Waals surface area contributed by atoms with Crippen LogP contribution in [0.2, 0.25) is 10.0 Å². The third-order valence-corrected chi connectivity index (χ3v) is 5.71. The minimum absolute atomic E-state index is 0.0628. The number of fused-ring (bicyclic) bond motifs is 2. The molecule has 0 atom stereocenters. The average molecular weight is 484 g/mol. The second-order valence-corrected chi connectivity index (χ2v) is 7.81. The van der Waals surface area contributed by atoms with Crippen LogP contribution in [0.25, 0.3) is 0 Å². The quantitative estimate of drug-likeness (QED) is 0.417. The third-order valence-electron chi connectivity index (χ3n) is 5.02. The van der Waals surface area contributed by atoms with Gasteiger partial charge in [-0.05, 0) is 30.3 Å². The number of benzene rings is 3. The number of anilines is 1. The van der Waals surface area contributed by atoms with Crippen LogP contribution in [-0.4, -0.2) is 37.2 Å². The molecule has 1 N–H and O–H groups in total. The standard InChI is InChI=1S/C24H15Cl2NO6/c1-32-18-9-6-12(10-17(18)25)27-19(28)11-33-24(31)16-8-7-15-20(21(16)26)23(30)14-5-3-2-4-13(14)22(15)29/h2-10H,11H2,1H3,(H,27,28). The molecule has 0 bridgehead atoms. The molecule has 0 saturated carbocycles. The SMILES string of the molecule is COc1ccc(NC(=O)COC(=O)c2ccc3c(c2Cl)C(=O)c2ccccc2C3=O)cc1Cl. The highest BCUT2D eigenvalue weighted by molar-refractivity contribution is 6.41. The number of carbonyl (C=O) groups excluding carboxylic acids is 4. The van der Waals surface area contributed by atoms with E-state index in [1.807, 2.05) is 0 Å². The van der Waals surface area contributed by atoms with E-state index >= 15 is 0 Å². The summed E-state index contributed by atoms with van der Waals surface area (Å²) in [6, 6.07) is 13.7. The molecular formula is C24H15Cl2NO6. The Hall–Kier alpha value is -3.68. The number of nitrogens with one attached hydrogen (secondary N) is 1. The van der Waals surface area contributed by atoms with Crippen molar-refractivity contribution < 1.29 is 28.7 Å². The van der Waals surface area contributed by atoms with E-state index in [-0.39, 0.29) is 38.6 Å². The van der Waals surface area contributed by atoms with Crippen LogP contribution in [-0.2, 0) is 9.53 Å². The molecule has 4 rings (SSSR count). The van der Waals surface area contributed by atoms with Crippen LogP contribution in [0, 0.1) is 0 Å². The molecule has 3 aromatic rings. The highest BCUT2D eigenvalue weighted by Gasteiger charge is 2.33. The van der Waals surface area contributed by atoms with Gasteiger partial charge in [0.25, 0.3) is 5.91 Å². The monoisotopic (exact) mass is 483 g/mol. The second-order valence-electron chi connectivity index (χ2n) is 7.03. The van der Waals surface area contributed by atoms with Gasteiger partial charge in [-0.15, -0.1) is 0 Å². The van der Waals surface area contributed by atoms with Crippen molar-refractivity contribution in [2.75, 3.05) is 19.0 Å². The fourth-order valence-corrected chi connectivity index (χ4v) is 4.04. The number of methoxy groups -OCH3 is 1. The van der Waals surface area contributed by atoms with Gasteiger partial charge < -0.3 is 14.8 Å². The van der Waals surface area contributed by atoms with Crippen molar-refractivity contribution in [3.05, 3.63) is 92.5 Å². The molecule has 0 aliphatic heterocycles. The van der Waals surface area contributed by atoms with Gasteiger partial charge in [0, 0.05) is 22.4 Å². The lowest BCUT2D eigenvalue weighted by Gasteiger charge is -2.19. The Morgan fingerprint density at radius 1 is 0.909 bits per heavy atom. The molecule has 0 fully saturated rings. The van der Waals surface area contributed by atoms with Crippen LogP contribution in [0.1, 0.15) is 42.2 Å². The number of hydrogen-bond donors (Lipinski definition) is 1. The predicted octanol–water partition coefficient (Wildman–Crippen LogP) is 4.57. The second kappa shape index (κ2) is 9.05. The molecule has 166 valence electrons. The summed E-state index contributed by atoms with van der Waals surface area (Å²) in [5.41, 5.74) is 0.783. The van der Waals surface area contributed by atoms with Gasteiger partial charge in [0.1, 0.15) is 5.75 Å². The van der Waals surface area contributed by atoms with Crippen molar-refractivity contribution in [3.63, 3.8) is 0 Å². The van der Waals surface area contributed by atoms with E-state index in [4.69, 9.17) is 32.7 Å². The number of amides is 1. The Labute approximate surface area is 198 Å². The molecule has 1 amide bonds. The molecule has 0 heterocycles. The molecule has 0 saturated heterocycles. The minimum Gasteiger partial charge on any atom is -0.495 e. The molecule has 1 aliphatic rings. The summed E-state index contributed by atoms with van der Waals surface area (Å²) in [6.45, 7) is -0.606. The summed E-state index contributed by atoms with van der Waals surface area (Å²) >= 11 is 12.4. The number of carbonyl (C=O) groups is 4. The number of ketones is 2. The first kappa shape index (κ1) is 22.5. The van der Waals surface area contributed by atoms with Crippen molar-refractivity contribution in [1.82, 2.24) is 0 Å². The summed E-state index contributed by atoms with van der Waals surface area (Å²) in [4.78, 5) is 50.4. The zero-order valence-corrected chi connectivity index (χ0v) is 18.6. The first-order valence-electron chi connectivity index (χ1n) is 9.63. The van der Waals surface area contributed by atoms with Crippen LogP contribution < -0.4 is 10.1 Å². The summed E-state index contributed by atoms with van der Waals surface area (Å²) in [5, 5.41) is 2.64. The highest BCUT2D eigenvalue weighted by atomic mass is 35.5. The largest absolute Gasteiger partial charge is 0.495 e. The molecule has 0 radical (unpaired) electrons. The van der Waals surface area contributed by atoms with Crippen molar-refractivity contribution in [3.8, 4) is 5.75 Å². The fourth-order valence-electron chi connectivity index (χ4n) is 3.45. The Bertz CT molecular complexity index is 1330. The zero-order chi connectivity index (χ0) is 23.7. The van der Waals surface area contributed by atoms with Crippen LogP contribution in [0.3, 0.4) is 0 Å². The summed E-state index contributed by atoms with van der Waals surface area (Å²) in [5.74, 6) is -1.91. The zero-order valence-electron chi connectivity index (χ0n) is 17.1. The van der Waals surface area contributed by atoms with Crippen LogP contribution in [0.15, 0.2) is 54.6 Å². The maximum atomic E-state index is 12.9. The Morgan fingerprint density at radius 3 is 2.27 bits per heavy atom. The highest BCUT2D eigenvalue weighted by Crippen LogP contribution is 2.34. The van der Waals surface area contributed by atoms with E-state index in [0.717, 1.165) is 0 Å². The maximum absolute atomic E-state index is 12.9. The van der Waals surface area contributed by atoms with Crippen LogP contribution in [0.4, 0.5) is 5.69 Å². The maximum Gasteiger partial charge on any atom is 0.340 e. The number of halogens is 2. The molecule has 0 unspecified atom stereocenters. The number of hydrogen-bond acceptors (Lipinski definition) is 6. The van der Waals surface area contributed by atoms with Gasteiger partial charge in [-0.2, -0.15) is 0 Å². The van der Waals surface area contributed by atoms with Gasteiger partial charge >= 0.3 is 5.97 Å². The molecular weight excluding hydrogens is 469 g/mol. The van der Waals surface area contributed by atoms with Gasteiger partial charge in [0.2, 0.25) is 0 Å². The van der Waals surface area contributed by atoms with Gasteiger partial charge in [-0.25, -0.2) is 4.79 Å². The number of rotatable bonds is 5. The van der Waals surface area contributed by atoms with E-state index in [1.54, 1.807) is 30.3 Å². The van der Waals surface area contributed by atoms with Crippen LogP contribution >= 0.6 is 23.2 Å². The van der Waals surface area contributed by atoms with E-state index in [2.05, 4.69) is 5.32 Å². The van der Waals surface area contributed by atoms with Gasteiger partial charge in [-0.1, -0.05) is 47.5 Å². The molecule has 1 aliphatic carbocycles. The predicted molar refractivity (Wildman–Crippen MR) is 122 cm³/mol. The van der Waals surface area contributed by atoms with E-state index in [9.17, 15) is 19.2 Å². The number of esters is 1. The first-order valence-corrected chi connectivity index (χ1v) is 10.4. The van der Waals surface area contributed by atoms with E-state index in [0.29, 0.717) is 16.5 Å². The van der Waals surface area contributed by atoms with Crippen molar-refractivity contribution in [1.29, 1.82) is 0 Å². The summed E-state index contributed by atoms with van der Waals surface area (Å²) < 4.78 is 10.1. The Kier molecular flexibility index (Phi) is 6.18. The van der Waals surface area contributed by atoms with Gasteiger partial charge in [0.05, 0.1) is 28.3 Å². The molecule has 7 nitrogen and oxygen atoms in total. The smallest absolute Gasteiger partial charge is 0.340 e. The van der Waals surface area contributed by atoms with Crippen molar-refractivity contribution >= 4 is 52.3 Å². The first-order chi connectivity index (χ1) is 15.8. The van der Waals surface area contributed by atoms with Crippen LogP contribution in [0.5, 0.6) is 5.75 Å². The van der Waals surface area contributed by atoms with Gasteiger partial charge in [-0.3, -0.25) is 14.4 Å². The lowest BCUT2D eigenvalue weighted by molar-refractivity contribution is -0.119. The molecule has 0 aromatic heterocycles. The topological polar surface area (TPSA) is 98.8 Å². The molecule has 3 aromatic carbocycles. The molecule has 33 heavy (non-hydrogen) atoms. The van der Waals surface area contributed by atoms with Crippen molar-refractivity contribution in [2.45, 2.75) is 0 Å². The minimum atomic E-state index is -0.912. The third kappa shape index (κ3) is 4.20. The lowest BCUT2D eigenvalue weighted by Crippen LogP contribution is -2.24. The Morgan fingerprint density at radius 2 is 1.61 bits per heavy atom. The molecule has 9 heteroatoms. The molecule has 0 spiro atoms. The van der Waals surface area contributed by atoms with E-state index in [1.165, 1.54) is 31.4 Å². The summed E-state index contributed by atoms with van der Waals surface area (Å²) in [7, 11) is 1.47. The summed E-state index contributed by atoms with van der Waals surface area (Å²) in [6.07, 6.45) is 0.